The number of fused-ring (bicyclic) bond motifs is 1. The molecule has 0 aromatic carbocycles. The minimum Gasteiger partial charge on any atom is -0.484 e. The number of hydrogen-bond donors (Lipinski definition) is 1. The van der Waals surface area contributed by atoms with Gasteiger partial charge in [-0.3, -0.25) is 4.79 Å². The van der Waals surface area contributed by atoms with Crippen LogP contribution in [0.5, 0.6) is 5.75 Å². The number of rotatable bonds is 0. The Morgan fingerprint density at radius 2 is 2.45 bits per heavy atom. The lowest BCUT2D eigenvalue weighted by Crippen LogP contribution is -1.99. The molecule has 0 unspecified atom stereocenters. The lowest BCUT2D eigenvalue weighted by atomic mass is 10.2. The van der Waals surface area contributed by atoms with Gasteiger partial charge < -0.3 is 10.5 Å². The topological polar surface area (TPSA) is 65.2 Å². The minimum atomic E-state index is -0.0347. The molecule has 2 rings (SSSR count). The molecule has 1 aromatic rings. The highest BCUT2D eigenvalue weighted by atomic mass is 16.5. The van der Waals surface area contributed by atoms with Gasteiger partial charge in [-0.05, 0) is 0 Å². The summed E-state index contributed by atoms with van der Waals surface area (Å²) < 4.78 is 5.02. The van der Waals surface area contributed by atoms with Crippen LogP contribution in [-0.4, -0.2) is 17.4 Å². The first-order valence-electron chi connectivity index (χ1n) is 3.19. The van der Waals surface area contributed by atoms with E-state index in [9.17, 15) is 4.79 Å². The van der Waals surface area contributed by atoms with E-state index in [2.05, 4.69) is 4.98 Å². The molecule has 0 amide bonds. The van der Waals surface area contributed by atoms with Gasteiger partial charge in [-0.1, -0.05) is 0 Å². The van der Waals surface area contributed by atoms with Gasteiger partial charge >= 0.3 is 0 Å². The highest BCUT2D eigenvalue weighted by Crippen LogP contribution is 2.25. The number of nitrogens with two attached hydrogens (primary N) is 1. The first kappa shape index (κ1) is 6.15. The van der Waals surface area contributed by atoms with Crippen LogP contribution in [0.4, 0.5) is 5.82 Å². The predicted octanol–water partition coefficient (Wildman–Crippen LogP) is 0.239. The summed E-state index contributed by atoms with van der Waals surface area (Å²) in [6, 6.07) is 1.56. The number of pyridine rings is 1. The Balaban J connectivity index is 2.59. The fourth-order valence-corrected chi connectivity index (χ4v) is 1.00. The van der Waals surface area contributed by atoms with Crippen molar-refractivity contribution in [2.45, 2.75) is 0 Å². The largest absolute Gasteiger partial charge is 0.484 e. The highest BCUT2D eigenvalue weighted by Gasteiger charge is 2.21. The Bertz CT molecular complexity index is 322. The van der Waals surface area contributed by atoms with Gasteiger partial charge in [0.15, 0.2) is 6.61 Å². The van der Waals surface area contributed by atoms with Gasteiger partial charge in [0.05, 0.1) is 5.56 Å². The van der Waals surface area contributed by atoms with Crippen molar-refractivity contribution in [3.05, 3.63) is 17.8 Å². The molecule has 4 heteroatoms. The van der Waals surface area contributed by atoms with E-state index in [1.54, 1.807) is 6.07 Å². The normalized spacial score (nSPS) is 14.4. The van der Waals surface area contributed by atoms with E-state index in [1.807, 2.05) is 0 Å². The van der Waals surface area contributed by atoms with Gasteiger partial charge in [0.2, 0.25) is 5.78 Å². The molecule has 2 N–H and O–H groups in total. The van der Waals surface area contributed by atoms with Gasteiger partial charge in [0, 0.05) is 12.3 Å². The average Bonchev–Trinajstić information content (AvgIpc) is 2.32. The van der Waals surface area contributed by atoms with Crippen LogP contribution in [0.3, 0.4) is 0 Å². The molecule has 11 heavy (non-hydrogen) atoms. The van der Waals surface area contributed by atoms with Gasteiger partial charge in [-0.15, -0.1) is 0 Å². The van der Waals surface area contributed by atoms with Crippen LogP contribution < -0.4 is 10.5 Å². The molecular formula is C7H6N2O2. The molecule has 0 saturated heterocycles. The lowest BCUT2D eigenvalue weighted by Gasteiger charge is -1.95. The molecule has 0 atom stereocenters. The molecule has 0 bridgehead atoms. The summed E-state index contributed by atoms with van der Waals surface area (Å²) in [5, 5.41) is 0. The van der Waals surface area contributed by atoms with Crippen LogP contribution in [-0.2, 0) is 0 Å². The number of aromatic nitrogens is 1. The fourth-order valence-electron chi connectivity index (χ4n) is 1.00. The molecule has 0 fully saturated rings. The SMILES string of the molecule is Nc1cc2c(cn1)C(=O)CO2. The molecule has 56 valence electrons. The number of ether oxygens (including phenoxy) is 1. The van der Waals surface area contributed by atoms with E-state index in [0.29, 0.717) is 17.1 Å². The minimum absolute atomic E-state index is 0.0347. The summed E-state index contributed by atoms with van der Waals surface area (Å²) in [7, 11) is 0. The van der Waals surface area contributed by atoms with Crippen LogP contribution in [0.1, 0.15) is 10.4 Å². The Labute approximate surface area is 63.0 Å². The summed E-state index contributed by atoms with van der Waals surface area (Å²) in [5.41, 5.74) is 5.90. The van der Waals surface area contributed by atoms with Crippen LogP contribution >= 0.6 is 0 Å². The third-order valence-electron chi connectivity index (χ3n) is 1.55. The quantitative estimate of drug-likeness (QED) is 0.575. The second-order valence-electron chi connectivity index (χ2n) is 2.32. The third-order valence-corrected chi connectivity index (χ3v) is 1.55. The maximum absolute atomic E-state index is 11.0. The third kappa shape index (κ3) is 0.832. The lowest BCUT2D eigenvalue weighted by molar-refractivity contribution is 0.0961. The standard InChI is InChI=1S/C7H6N2O2/c8-7-1-6-4(2-9-7)5(10)3-11-6/h1-2H,3H2,(H2,8,9). The number of Topliss-reactive ketones (excluding diaryl/α,β-unsaturated/α-hetero) is 1. The van der Waals surface area contributed by atoms with Crippen molar-refractivity contribution in [3.8, 4) is 5.75 Å². The Hall–Kier alpha value is -1.58. The smallest absolute Gasteiger partial charge is 0.205 e. The number of ketones is 1. The molecule has 0 spiro atoms. The van der Waals surface area contributed by atoms with E-state index >= 15 is 0 Å². The van der Waals surface area contributed by atoms with E-state index in [-0.39, 0.29) is 12.4 Å². The molecule has 4 nitrogen and oxygen atoms in total. The molecule has 0 saturated carbocycles. The molecule has 2 heterocycles. The van der Waals surface area contributed by atoms with Crippen LogP contribution in [0.15, 0.2) is 12.3 Å². The Morgan fingerprint density at radius 1 is 1.64 bits per heavy atom. The second-order valence-corrected chi connectivity index (χ2v) is 2.32. The number of hydrogen-bond acceptors (Lipinski definition) is 4. The number of carbonyl (C=O) groups excluding carboxylic acids is 1. The Morgan fingerprint density at radius 3 is 3.27 bits per heavy atom. The summed E-state index contributed by atoms with van der Waals surface area (Å²) in [5.74, 6) is 0.883. The van der Waals surface area contributed by atoms with Gasteiger partial charge in [-0.25, -0.2) is 4.98 Å². The summed E-state index contributed by atoms with van der Waals surface area (Å²) >= 11 is 0. The first-order chi connectivity index (χ1) is 5.27. The maximum Gasteiger partial charge on any atom is 0.205 e. The fraction of sp³-hybridized carbons (Fsp3) is 0.143. The van der Waals surface area contributed by atoms with Crippen molar-refractivity contribution < 1.29 is 9.53 Å². The zero-order chi connectivity index (χ0) is 7.84. The second kappa shape index (κ2) is 1.95. The van der Waals surface area contributed by atoms with Crippen molar-refractivity contribution in [3.63, 3.8) is 0 Å². The van der Waals surface area contributed by atoms with Gasteiger partial charge in [-0.2, -0.15) is 0 Å². The molecular weight excluding hydrogens is 144 g/mol. The van der Waals surface area contributed by atoms with Crippen molar-refractivity contribution in [1.82, 2.24) is 4.98 Å². The number of carbonyl (C=O) groups is 1. The molecule has 1 aromatic heterocycles. The molecule has 1 aliphatic heterocycles. The Kier molecular flexibility index (Phi) is 1.09. The zero-order valence-corrected chi connectivity index (χ0v) is 5.70. The number of anilines is 1. The average molecular weight is 150 g/mol. The van der Waals surface area contributed by atoms with Crippen LogP contribution in [0, 0.1) is 0 Å². The van der Waals surface area contributed by atoms with E-state index in [1.165, 1.54) is 6.20 Å². The van der Waals surface area contributed by atoms with E-state index in [4.69, 9.17) is 10.5 Å². The maximum atomic E-state index is 11.0. The number of nitrogen functional groups attached to an aromatic ring is 1. The van der Waals surface area contributed by atoms with Crippen LogP contribution in [0.2, 0.25) is 0 Å². The van der Waals surface area contributed by atoms with Crippen molar-refractivity contribution >= 4 is 11.6 Å². The first-order valence-corrected chi connectivity index (χ1v) is 3.19. The predicted molar refractivity (Wildman–Crippen MR) is 38.5 cm³/mol. The van der Waals surface area contributed by atoms with E-state index < -0.39 is 0 Å². The van der Waals surface area contributed by atoms with Crippen LogP contribution in [0.25, 0.3) is 0 Å². The van der Waals surface area contributed by atoms with Gasteiger partial charge in [0.1, 0.15) is 11.6 Å². The van der Waals surface area contributed by atoms with E-state index in [0.717, 1.165) is 0 Å². The molecule has 0 radical (unpaired) electrons. The van der Waals surface area contributed by atoms with Crippen molar-refractivity contribution in [1.29, 1.82) is 0 Å². The van der Waals surface area contributed by atoms with Crippen molar-refractivity contribution in [2.75, 3.05) is 12.3 Å². The molecule has 0 aliphatic carbocycles. The monoisotopic (exact) mass is 150 g/mol. The highest BCUT2D eigenvalue weighted by molar-refractivity contribution is 6.02. The summed E-state index contributed by atoms with van der Waals surface area (Å²) in [6.45, 7) is 0.112. The summed E-state index contributed by atoms with van der Waals surface area (Å²) in [4.78, 5) is 14.7. The summed E-state index contributed by atoms with van der Waals surface area (Å²) in [6.07, 6.45) is 1.44. The molecule has 1 aliphatic rings. The van der Waals surface area contributed by atoms with Crippen molar-refractivity contribution in [2.24, 2.45) is 0 Å². The zero-order valence-electron chi connectivity index (χ0n) is 5.70. The van der Waals surface area contributed by atoms with Gasteiger partial charge in [0.25, 0.3) is 0 Å². The number of nitrogens with zero attached hydrogens (tertiary/aromatic N) is 1.